The second-order valence-corrected chi connectivity index (χ2v) is 5.97. The summed E-state index contributed by atoms with van der Waals surface area (Å²) in [5, 5.41) is 5.34. The summed E-state index contributed by atoms with van der Waals surface area (Å²) in [5.74, 6) is 0.103. The summed E-state index contributed by atoms with van der Waals surface area (Å²) in [6.45, 7) is 4.32. The average Bonchev–Trinajstić information content (AvgIpc) is 2.96. The molecule has 0 radical (unpaired) electrons. The maximum absolute atomic E-state index is 12.8. The summed E-state index contributed by atoms with van der Waals surface area (Å²) in [5.41, 5.74) is 0.408. The van der Waals surface area contributed by atoms with Gasteiger partial charge in [-0.1, -0.05) is 13.3 Å². The van der Waals surface area contributed by atoms with Gasteiger partial charge in [0.2, 0.25) is 0 Å². The number of carbonyl (C=O) groups excluding carboxylic acids is 1. The summed E-state index contributed by atoms with van der Waals surface area (Å²) in [7, 11) is 0. The highest BCUT2D eigenvalue weighted by Crippen LogP contribution is 2.16. The first-order valence-corrected chi connectivity index (χ1v) is 8.10. The highest BCUT2D eigenvalue weighted by atomic mass is 32.1. The lowest BCUT2D eigenvalue weighted by Crippen LogP contribution is -2.32. The average molecular weight is 322 g/mol. The molecule has 1 aromatic heterocycles. The zero-order valence-corrected chi connectivity index (χ0v) is 13.5. The molecule has 1 N–H and O–H groups in total. The van der Waals surface area contributed by atoms with Gasteiger partial charge < -0.3 is 10.1 Å². The number of benzene rings is 1. The van der Waals surface area contributed by atoms with Crippen molar-refractivity contribution < 1.29 is 13.9 Å². The molecule has 0 saturated heterocycles. The maximum Gasteiger partial charge on any atom is 0.270 e. The quantitative estimate of drug-likeness (QED) is 0.844. The van der Waals surface area contributed by atoms with Crippen molar-refractivity contribution in [2.45, 2.75) is 39.3 Å². The molecule has 1 aromatic carbocycles. The number of nitrogens with one attached hydrogen (secondary N) is 1. The van der Waals surface area contributed by atoms with Gasteiger partial charge in [-0.05, 0) is 37.6 Å². The lowest BCUT2D eigenvalue weighted by molar-refractivity contribution is 0.0933. The first-order valence-electron chi connectivity index (χ1n) is 7.22. The van der Waals surface area contributed by atoms with Gasteiger partial charge in [-0.2, -0.15) is 0 Å². The molecular weight excluding hydrogens is 303 g/mol. The third-order valence-electron chi connectivity index (χ3n) is 3.06. The van der Waals surface area contributed by atoms with Crippen molar-refractivity contribution in [2.24, 2.45) is 0 Å². The molecule has 6 heteroatoms. The second kappa shape index (κ2) is 7.89. The number of carbonyl (C=O) groups is 1. The standard InChI is InChI=1S/C16H19FN2O2S/c1-3-4-11(2)18-16(20)14-10-22-15(19-14)9-21-13-7-5-12(17)6-8-13/h5-8,10-11H,3-4,9H2,1-2H3,(H,18,20)/t11-/m1/s1. The lowest BCUT2D eigenvalue weighted by atomic mass is 10.2. The fourth-order valence-electron chi connectivity index (χ4n) is 1.96. The van der Waals surface area contributed by atoms with Crippen LogP contribution in [0.25, 0.3) is 0 Å². The van der Waals surface area contributed by atoms with Crippen LogP contribution in [0.1, 0.15) is 42.2 Å². The van der Waals surface area contributed by atoms with E-state index in [0.29, 0.717) is 16.5 Å². The van der Waals surface area contributed by atoms with E-state index in [9.17, 15) is 9.18 Å². The largest absolute Gasteiger partial charge is 0.486 e. The van der Waals surface area contributed by atoms with Gasteiger partial charge in [0, 0.05) is 11.4 Å². The molecular formula is C16H19FN2O2S. The van der Waals surface area contributed by atoms with Crippen LogP contribution in [0, 0.1) is 5.82 Å². The molecule has 0 unspecified atom stereocenters. The van der Waals surface area contributed by atoms with E-state index >= 15 is 0 Å². The summed E-state index contributed by atoms with van der Waals surface area (Å²) < 4.78 is 18.3. The topological polar surface area (TPSA) is 51.2 Å². The molecule has 1 amide bonds. The third kappa shape index (κ3) is 4.80. The van der Waals surface area contributed by atoms with Crippen molar-refractivity contribution in [1.82, 2.24) is 10.3 Å². The Balaban J connectivity index is 1.88. The van der Waals surface area contributed by atoms with E-state index in [4.69, 9.17) is 4.74 Å². The van der Waals surface area contributed by atoms with Crippen LogP contribution >= 0.6 is 11.3 Å². The monoisotopic (exact) mass is 322 g/mol. The van der Waals surface area contributed by atoms with Gasteiger partial charge in [0.15, 0.2) is 0 Å². The summed E-state index contributed by atoms with van der Waals surface area (Å²) in [4.78, 5) is 16.3. The van der Waals surface area contributed by atoms with Crippen LogP contribution in [-0.2, 0) is 6.61 Å². The molecule has 118 valence electrons. The molecule has 1 atom stereocenters. The van der Waals surface area contributed by atoms with Crippen molar-refractivity contribution in [3.8, 4) is 5.75 Å². The van der Waals surface area contributed by atoms with Crippen LogP contribution < -0.4 is 10.1 Å². The number of hydrogen-bond acceptors (Lipinski definition) is 4. The van der Waals surface area contributed by atoms with Gasteiger partial charge in [-0.25, -0.2) is 9.37 Å². The van der Waals surface area contributed by atoms with Crippen LogP contribution in [0.3, 0.4) is 0 Å². The Bertz CT molecular complexity index is 613. The predicted octanol–water partition coefficient (Wildman–Crippen LogP) is 3.78. The molecule has 22 heavy (non-hydrogen) atoms. The Morgan fingerprint density at radius 2 is 2.14 bits per heavy atom. The molecule has 0 fully saturated rings. The minimum Gasteiger partial charge on any atom is -0.486 e. The van der Waals surface area contributed by atoms with Crippen LogP contribution in [0.15, 0.2) is 29.6 Å². The number of rotatable bonds is 7. The number of aromatic nitrogens is 1. The van der Waals surface area contributed by atoms with Gasteiger partial charge in [0.05, 0.1) is 0 Å². The van der Waals surface area contributed by atoms with Crippen LogP contribution in [0.2, 0.25) is 0 Å². The molecule has 0 bridgehead atoms. The van der Waals surface area contributed by atoms with E-state index in [0.717, 1.165) is 12.8 Å². The second-order valence-electron chi connectivity index (χ2n) is 5.03. The van der Waals surface area contributed by atoms with E-state index < -0.39 is 0 Å². The van der Waals surface area contributed by atoms with E-state index in [1.165, 1.54) is 23.5 Å². The van der Waals surface area contributed by atoms with Gasteiger partial charge in [-0.3, -0.25) is 4.79 Å². The molecule has 4 nitrogen and oxygen atoms in total. The number of halogens is 1. The Kier molecular flexibility index (Phi) is 5.89. The molecule has 2 aromatic rings. The zero-order chi connectivity index (χ0) is 15.9. The number of ether oxygens (including phenoxy) is 1. The highest BCUT2D eigenvalue weighted by molar-refractivity contribution is 7.09. The van der Waals surface area contributed by atoms with Gasteiger partial charge in [-0.15, -0.1) is 11.3 Å². The fourth-order valence-corrected chi connectivity index (χ4v) is 2.65. The first kappa shape index (κ1) is 16.4. The maximum atomic E-state index is 12.8. The van der Waals surface area contributed by atoms with Crippen LogP contribution in [-0.4, -0.2) is 16.9 Å². The van der Waals surface area contributed by atoms with E-state index in [-0.39, 0.29) is 24.4 Å². The summed E-state index contributed by atoms with van der Waals surface area (Å²) >= 11 is 1.37. The highest BCUT2D eigenvalue weighted by Gasteiger charge is 2.13. The molecule has 0 saturated carbocycles. The number of hydrogen-bond donors (Lipinski definition) is 1. The predicted molar refractivity (Wildman–Crippen MR) is 84.7 cm³/mol. The Hall–Kier alpha value is -1.95. The first-order chi connectivity index (χ1) is 10.6. The summed E-state index contributed by atoms with van der Waals surface area (Å²) in [6.07, 6.45) is 1.96. The minimum absolute atomic E-state index is 0.137. The normalized spacial score (nSPS) is 12.0. The Morgan fingerprint density at radius 1 is 1.41 bits per heavy atom. The van der Waals surface area contributed by atoms with Gasteiger partial charge in [0.1, 0.15) is 28.9 Å². The SMILES string of the molecule is CCC[C@@H](C)NC(=O)c1csc(COc2ccc(F)cc2)n1. The van der Waals surface area contributed by atoms with Gasteiger partial charge in [0.25, 0.3) is 5.91 Å². The summed E-state index contributed by atoms with van der Waals surface area (Å²) in [6, 6.07) is 5.93. The number of thiazole rings is 1. The van der Waals surface area contributed by atoms with Crippen LogP contribution in [0.5, 0.6) is 5.75 Å². The molecule has 2 rings (SSSR count). The number of nitrogens with zero attached hydrogens (tertiary/aromatic N) is 1. The molecule has 0 spiro atoms. The Labute approximate surface area is 133 Å². The van der Waals surface area contributed by atoms with E-state index in [1.807, 2.05) is 6.92 Å². The van der Waals surface area contributed by atoms with Crippen molar-refractivity contribution in [3.63, 3.8) is 0 Å². The zero-order valence-electron chi connectivity index (χ0n) is 12.6. The smallest absolute Gasteiger partial charge is 0.270 e. The minimum atomic E-state index is -0.304. The fraction of sp³-hybridized carbons (Fsp3) is 0.375. The van der Waals surface area contributed by atoms with Crippen LogP contribution in [0.4, 0.5) is 4.39 Å². The number of amides is 1. The molecule has 0 aliphatic carbocycles. The lowest BCUT2D eigenvalue weighted by Gasteiger charge is -2.11. The van der Waals surface area contributed by atoms with Gasteiger partial charge >= 0.3 is 0 Å². The molecule has 0 aliphatic heterocycles. The van der Waals surface area contributed by atoms with Crippen molar-refractivity contribution in [2.75, 3.05) is 0 Å². The van der Waals surface area contributed by atoms with Crippen molar-refractivity contribution >= 4 is 17.2 Å². The van der Waals surface area contributed by atoms with E-state index in [2.05, 4.69) is 17.2 Å². The van der Waals surface area contributed by atoms with E-state index in [1.54, 1.807) is 17.5 Å². The van der Waals surface area contributed by atoms with Crippen molar-refractivity contribution in [1.29, 1.82) is 0 Å². The molecule has 1 heterocycles. The third-order valence-corrected chi connectivity index (χ3v) is 3.88. The molecule has 0 aliphatic rings. The Morgan fingerprint density at radius 3 is 2.82 bits per heavy atom. The van der Waals surface area contributed by atoms with Crippen molar-refractivity contribution in [3.05, 3.63) is 46.2 Å².